The molecule has 0 radical (unpaired) electrons. The zero-order valence-corrected chi connectivity index (χ0v) is 11.7. The summed E-state index contributed by atoms with van der Waals surface area (Å²) in [6.45, 7) is -0.299. The molecule has 1 aromatic heterocycles. The van der Waals surface area contributed by atoms with Crippen molar-refractivity contribution >= 4 is 17.5 Å². The van der Waals surface area contributed by atoms with Gasteiger partial charge in [0, 0.05) is 18.3 Å². The molecule has 1 N–H and O–H groups in total. The molecule has 4 nitrogen and oxygen atoms in total. The van der Waals surface area contributed by atoms with Crippen molar-refractivity contribution in [3.63, 3.8) is 0 Å². The van der Waals surface area contributed by atoms with E-state index in [1.165, 1.54) is 25.4 Å². The van der Waals surface area contributed by atoms with E-state index in [1.54, 1.807) is 0 Å². The van der Waals surface area contributed by atoms with Gasteiger partial charge in [0.15, 0.2) is 0 Å². The minimum Gasteiger partial charge on any atom is -0.480 e. The fourth-order valence-electron chi connectivity index (χ4n) is 1.72. The van der Waals surface area contributed by atoms with Crippen LogP contribution in [0.4, 0.5) is 8.78 Å². The second-order valence-corrected chi connectivity index (χ2v) is 4.53. The fraction of sp³-hybridized carbons (Fsp3) is 0.143. The first kappa shape index (κ1) is 15.2. The number of hydrogen-bond donors (Lipinski definition) is 1. The summed E-state index contributed by atoms with van der Waals surface area (Å²) >= 11 is 5.77. The van der Waals surface area contributed by atoms with Gasteiger partial charge < -0.3 is 10.1 Å². The first-order valence-corrected chi connectivity index (χ1v) is 6.31. The Hall–Kier alpha value is -2.21. The van der Waals surface area contributed by atoms with Gasteiger partial charge in [0.05, 0.1) is 12.1 Å². The van der Waals surface area contributed by atoms with Gasteiger partial charge in [0.2, 0.25) is 5.88 Å². The molecule has 0 saturated carbocycles. The summed E-state index contributed by atoms with van der Waals surface area (Å²) in [6, 6.07) is 4.85. The summed E-state index contributed by atoms with van der Waals surface area (Å²) in [5.41, 5.74) is -0.137. The third-order valence-electron chi connectivity index (χ3n) is 2.74. The second-order valence-electron chi connectivity index (χ2n) is 4.09. The van der Waals surface area contributed by atoms with Crippen LogP contribution in [0.2, 0.25) is 5.02 Å². The Kier molecular flexibility index (Phi) is 4.70. The van der Waals surface area contributed by atoms with Gasteiger partial charge in [-0.25, -0.2) is 13.8 Å². The molecule has 7 heteroatoms. The van der Waals surface area contributed by atoms with Gasteiger partial charge >= 0.3 is 0 Å². The average Bonchev–Trinajstić information content (AvgIpc) is 2.46. The molecular formula is C14H11ClF2N2O2. The molecule has 0 bridgehead atoms. The van der Waals surface area contributed by atoms with Crippen LogP contribution in [0.15, 0.2) is 30.5 Å². The van der Waals surface area contributed by atoms with E-state index in [9.17, 15) is 13.6 Å². The van der Waals surface area contributed by atoms with Crippen LogP contribution in [0.25, 0.3) is 0 Å². The van der Waals surface area contributed by atoms with Crippen molar-refractivity contribution in [2.45, 2.75) is 6.54 Å². The molecule has 0 spiro atoms. The monoisotopic (exact) mass is 312 g/mol. The van der Waals surface area contributed by atoms with Gasteiger partial charge in [0.25, 0.3) is 5.91 Å². The third kappa shape index (κ3) is 3.46. The minimum atomic E-state index is -0.730. The van der Waals surface area contributed by atoms with Crippen LogP contribution in [0.5, 0.6) is 5.88 Å². The maximum Gasteiger partial charge on any atom is 0.257 e. The molecule has 0 aliphatic heterocycles. The standard InChI is InChI=1S/C14H11ClF2N2O2/c1-21-14-9(5-8(15)6-19-14)13(20)18-7-10-11(16)3-2-4-12(10)17/h2-6H,7H2,1H3,(H,18,20). The first-order chi connectivity index (χ1) is 10.0. The topological polar surface area (TPSA) is 51.2 Å². The number of benzene rings is 1. The van der Waals surface area contributed by atoms with Gasteiger partial charge in [-0.3, -0.25) is 4.79 Å². The number of nitrogens with zero attached hydrogens (tertiary/aromatic N) is 1. The Morgan fingerprint density at radius 2 is 2.05 bits per heavy atom. The van der Waals surface area contributed by atoms with Crippen LogP contribution in [0, 0.1) is 11.6 Å². The molecule has 2 aromatic rings. The molecule has 110 valence electrons. The maximum atomic E-state index is 13.5. The molecule has 1 aromatic carbocycles. The van der Waals surface area contributed by atoms with Gasteiger partial charge in [-0.15, -0.1) is 0 Å². The molecule has 0 aliphatic carbocycles. The lowest BCUT2D eigenvalue weighted by atomic mass is 10.2. The van der Waals surface area contributed by atoms with E-state index in [1.807, 2.05) is 0 Å². The van der Waals surface area contributed by atoms with Crippen molar-refractivity contribution in [3.05, 3.63) is 58.2 Å². The Labute approximate surface area is 124 Å². The summed E-state index contributed by atoms with van der Waals surface area (Å²) in [6.07, 6.45) is 1.33. The van der Waals surface area contributed by atoms with Crippen molar-refractivity contribution < 1.29 is 18.3 Å². The normalized spacial score (nSPS) is 10.3. The van der Waals surface area contributed by atoms with E-state index in [0.717, 1.165) is 12.1 Å². The Morgan fingerprint density at radius 3 is 2.67 bits per heavy atom. The molecule has 0 fully saturated rings. The van der Waals surface area contributed by atoms with Crippen molar-refractivity contribution in [2.24, 2.45) is 0 Å². The van der Waals surface area contributed by atoms with E-state index >= 15 is 0 Å². The quantitative estimate of drug-likeness (QED) is 0.944. The van der Waals surface area contributed by atoms with Crippen molar-refractivity contribution in [1.29, 1.82) is 0 Å². The highest BCUT2D eigenvalue weighted by atomic mass is 35.5. The average molecular weight is 313 g/mol. The number of ether oxygens (including phenoxy) is 1. The molecule has 0 saturated heterocycles. The zero-order chi connectivity index (χ0) is 15.4. The lowest BCUT2D eigenvalue weighted by Crippen LogP contribution is -2.24. The van der Waals surface area contributed by atoms with Gasteiger partial charge in [-0.05, 0) is 18.2 Å². The number of rotatable bonds is 4. The molecule has 0 unspecified atom stereocenters. The first-order valence-electron chi connectivity index (χ1n) is 5.93. The minimum absolute atomic E-state index is 0.0749. The Bertz CT molecular complexity index is 660. The SMILES string of the molecule is COc1ncc(Cl)cc1C(=O)NCc1c(F)cccc1F. The number of carbonyl (C=O) groups excluding carboxylic acids is 1. The molecule has 1 heterocycles. The number of aromatic nitrogens is 1. The van der Waals surface area contributed by atoms with E-state index in [4.69, 9.17) is 16.3 Å². The van der Waals surface area contributed by atoms with Crippen LogP contribution in [0.1, 0.15) is 15.9 Å². The largest absolute Gasteiger partial charge is 0.480 e. The smallest absolute Gasteiger partial charge is 0.257 e. The summed E-state index contributed by atoms with van der Waals surface area (Å²) in [4.78, 5) is 15.9. The lowest BCUT2D eigenvalue weighted by Gasteiger charge is -2.10. The van der Waals surface area contributed by atoms with Crippen LogP contribution in [0.3, 0.4) is 0 Å². The van der Waals surface area contributed by atoms with Gasteiger partial charge in [-0.2, -0.15) is 0 Å². The Morgan fingerprint density at radius 1 is 1.38 bits per heavy atom. The number of methoxy groups -OCH3 is 1. The number of pyridine rings is 1. The summed E-state index contributed by atoms with van der Waals surface area (Å²) in [5, 5.41) is 2.65. The number of hydrogen-bond acceptors (Lipinski definition) is 3. The van der Waals surface area contributed by atoms with Crippen LogP contribution in [-0.2, 0) is 6.54 Å². The molecule has 0 atom stereocenters. The molecular weight excluding hydrogens is 302 g/mol. The highest BCUT2D eigenvalue weighted by Crippen LogP contribution is 2.19. The molecule has 2 rings (SSSR count). The number of carbonyl (C=O) groups is 1. The number of halogens is 3. The highest BCUT2D eigenvalue weighted by Gasteiger charge is 2.16. The van der Waals surface area contributed by atoms with Gasteiger partial charge in [-0.1, -0.05) is 17.7 Å². The number of nitrogens with one attached hydrogen (secondary N) is 1. The van der Waals surface area contributed by atoms with Crippen LogP contribution < -0.4 is 10.1 Å². The van der Waals surface area contributed by atoms with Crippen molar-refractivity contribution in [2.75, 3.05) is 7.11 Å². The summed E-state index contributed by atoms with van der Waals surface area (Å²) < 4.78 is 31.9. The lowest BCUT2D eigenvalue weighted by molar-refractivity contribution is 0.0946. The van der Waals surface area contributed by atoms with E-state index in [0.29, 0.717) is 0 Å². The predicted molar refractivity (Wildman–Crippen MR) is 73.3 cm³/mol. The van der Waals surface area contributed by atoms with E-state index in [2.05, 4.69) is 10.3 Å². The highest BCUT2D eigenvalue weighted by molar-refractivity contribution is 6.30. The third-order valence-corrected chi connectivity index (χ3v) is 2.95. The Balaban J connectivity index is 2.17. The van der Waals surface area contributed by atoms with Crippen molar-refractivity contribution in [1.82, 2.24) is 10.3 Å². The zero-order valence-electron chi connectivity index (χ0n) is 11.0. The van der Waals surface area contributed by atoms with E-state index < -0.39 is 17.5 Å². The molecule has 0 aliphatic rings. The number of amides is 1. The molecule has 1 amide bonds. The second kappa shape index (κ2) is 6.49. The van der Waals surface area contributed by atoms with Crippen LogP contribution in [-0.4, -0.2) is 18.0 Å². The summed E-state index contributed by atoms with van der Waals surface area (Å²) in [7, 11) is 1.35. The summed E-state index contributed by atoms with van der Waals surface area (Å²) in [5.74, 6) is -1.98. The van der Waals surface area contributed by atoms with Gasteiger partial charge in [0.1, 0.15) is 17.2 Å². The van der Waals surface area contributed by atoms with Crippen molar-refractivity contribution in [3.8, 4) is 5.88 Å². The fourth-order valence-corrected chi connectivity index (χ4v) is 1.88. The maximum absolute atomic E-state index is 13.5. The molecule has 21 heavy (non-hydrogen) atoms. The van der Waals surface area contributed by atoms with Crippen LogP contribution >= 0.6 is 11.6 Å². The van der Waals surface area contributed by atoms with E-state index in [-0.39, 0.29) is 28.6 Å². The predicted octanol–water partition coefficient (Wildman–Crippen LogP) is 2.95.